The molecule has 0 radical (unpaired) electrons. The molecule has 6 heteroatoms. The molecule has 4 aromatic rings. The maximum Gasteiger partial charge on any atom is 0.253 e. The number of amides is 1. The molecule has 4 rings (SSSR count). The molecule has 0 aliphatic carbocycles. The molecule has 0 aliphatic heterocycles. The van der Waals surface area contributed by atoms with Crippen molar-refractivity contribution in [2.45, 2.75) is 6.54 Å². The van der Waals surface area contributed by atoms with Gasteiger partial charge in [-0.3, -0.25) is 4.79 Å². The average molecular weight is 413 g/mol. The molecule has 1 amide bonds. The molecule has 0 spiro atoms. The summed E-state index contributed by atoms with van der Waals surface area (Å²) in [7, 11) is 0. The van der Waals surface area contributed by atoms with Crippen molar-refractivity contribution in [1.29, 1.82) is 0 Å². The first kappa shape index (κ1) is 18.0. The molecule has 134 valence electrons. The second-order valence-electron chi connectivity index (χ2n) is 5.99. The van der Waals surface area contributed by atoms with Crippen LogP contribution >= 0.6 is 34.5 Å². The number of hydrogen-bond donors (Lipinski definition) is 1. The number of nitrogens with zero attached hydrogens (tertiary/aromatic N) is 1. The number of halogens is 2. The van der Waals surface area contributed by atoms with E-state index < -0.39 is 0 Å². The Morgan fingerprint density at radius 1 is 1.00 bits per heavy atom. The normalized spacial score (nSPS) is 10.9. The summed E-state index contributed by atoms with van der Waals surface area (Å²) in [5.41, 5.74) is 3.48. The SMILES string of the molecule is O=C(NCc1ccc(-c2nc3ccccc3s2)cc1)c1ccc(Cl)cc1Cl. The van der Waals surface area contributed by atoms with Crippen LogP contribution in [0.1, 0.15) is 15.9 Å². The van der Waals surface area contributed by atoms with E-state index in [1.165, 1.54) is 4.70 Å². The number of fused-ring (bicyclic) bond motifs is 1. The van der Waals surface area contributed by atoms with Gasteiger partial charge in [-0.05, 0) is 35.9 Å². The predicted octanol–water partition coefficient (Wildman–Crippen LogP) is 6.20. The van der Waals surface area contributed by atoms with E-state index in [0.29, 0.717) is 22.2 Å². The number of carbonyl (C=O) groups is 1. The van der Waals surface area contributed by atoms with E-state index in [1.54, 1.807) is 29.5 Å². The number of hydrogen-bond acceptors (Lipinski definition) is 3. The lowest BCUT2D eigenvalue weighted by Gasteiger charge is -2.07. The van der Waals surface area contributed by atoms with Crippen molar-refractivity contribution in [1.82, 2.24) is 10.3 Å². The van der Waals surface area contributed by atoms with Gasteiger partial charge in [0.05, 0.1) is 20.8 Å². The number of thiazole rings is 1. The van der Waals surface area contributed by atoms with Gasteiger partial charge in [-0.1, -0.05) is 59.6 Å². The minimum Gasteiger partial charge on any atom is -0.348 e. The van der Waals surface area contributed by atoms with E-state index >= 15 is 0 Å². The van der Waals surface area contributed by atoms with Crippen molar-refractivity contribution < 1.29 is 4.79 Å². The molecule has 1 heterocycles. The molecular formula is C21H14Cl2N2OS. The van der Waals surface area contributed by atoms with Crippen LogP contribution < -0.4 is 5.32 Å². The van der Waals surface area contributed by atoms with Gasteiger partial charge in [0.25, 0.3) is 5.91 Å². The highest BCUT2D eigenvalue weighted by Crippen LogP contribution is 2.30. The molecule has 0 bridgehead atoms. The molecule has 1 aromatic heterocycles. The van der Waals surface area contributed by atoms with Gasteiger partial charge in [0.15, 0.2) is 0 Å². The molecule has 1 N–H and O–H groups in total. The molecule has 0 fully saturated rings. The maximum absolute atomic E-state index is 12.3. The van der Waals surface area contributed by atoms with Crippen LogP contribution in [0.4, 0.5) is 0 Å². The van der Waals surface area contributed by atoms with Gasteiger partial charge >= 0.3 is 0 Å². The summed E-state index contributed by atoms with van der Waals surface area (Å²) in [4.78, 5) is 17.0. The highest BCUT2D eigenvalue weighted by atomic mass is 35.5. The van der Waals surface area contributed by atoms with Gasteiger partial charge in [0.1, 0.15) is 5.01 Å². The van der Waals surface area contributed by atoms with Crippen LogP contribution in [0.15, 0.2) is 66.7 Å². The largest absolute Gasteiger partial charge is 0.348 e. The van der Waals surface area contributed by atoms with E-state index in [-0.39, 0.29) is 5.91 Å². The van der Waals surface area contributed by atoms with Crippen LogP contribution in [-0.4, -0.2) is 10.9 Å². The van der Waals surface area contributed by atoms with Gasteiger partial charge in [0.2, 0.25) is 0 Å². The van der Waals surface area contributed by atoms with Crippen LogP contribution in [0.25, 0.3) is 20.8 Å². The Morgan fingerprint density at radius 3 is 2.52 bits per heavy atom. The number of benzene rings is 3. The van der Waals surface area contributed by atoms with Gasteiger partial charge in [0, 0.05) is 17.1 Å². The first-order valence-electron chi connectivity index (χ1n) is 8.28. The Kier molecular flexibility index (Phi) is 5.12. The minimum atomic E-state index is -0.230. The van der Waals surface area contributed by atoms with Gasteiger partial charge in [-0.2, -0.15) is 0 Å². The number of nitrogens with one attached hydrogen (secondary N) is 1. The third-order valence-corrected chi connectivity index (χ3v) is 5.76. The van der Waals surface area contributed by atoms with Gasteiger partial charge < -0.3 is 5.32 Å². The lowest BCUT2D eigenvalue weighted by atomic mass is 10.1. The number of carbonyl (C=O) groups excluding carboxylic acids is 1. The summed E-state index contributed by atoms with van der Waals surface area (Å²) in [6.07, 6.45) is 0. The highest BCUT2D eigenvalue weighted by molar-refractivity contribution is 7.21. The van der Waals surface area contributed by atoms with Crippen LogP contribution in [-0.2, 0) is 6.54 Å². The Bertz CT molecular complexity index is 1090. The summed E-state index contributed by atoms with van der Waals surface area (Å²) in [5.74, 6) is -0.230. The first-order valence-corrected chi connectivity index (χ1v) is 9.85. The van der Waals surface area contributed by atoms with E-state index in [2.05, 4.69) is 16.4 Å². The summed E-state index contributed by atoms with van der Waals surface area (Å²) in [6, 6.07) is 21.0. The molecule has 0 saturated carbocycles. The van der Waals surface area contributed by atoms with Crippen molar-refractivity contribution >= 4 is 50.7 Å². The molecule has 3 aromatic carbocycles. The van der Waals surface area contributed by atoms with Crippen LogP contribution in [0.5, 0.6) is 0 Å². The second kappa shape index (κ2) is 7.69. The van der Waals surface area contributed by atoms with Crippen LogP contribution in [0.2, 0.25) is 10.0 Å². The molecule has 27 heavy (non-hydrogen) atoms. The van der Waals surface area contributed by atoms with Crippen LogP contribution in [0.3, 0.4) is 0 Å². The molecular weight excluding hydrogens is 399 g/mol. The van der Waals surface area contributed by atoms with E-state index in [1.807, 2.05) is 42.5 Å². The average Bonchev–Trinajstić information content (AvgIpc) is 3.11. The molecule has 0 atom stereocenters. The third-order valence-electron chi connectivity index (χ3n) is 4.12. The van der Waals surface area contributed by atoms with E-state index in [9.17, 15) is 4.79 Å². The third kappa shape index (κ3) is 3.98. The molecule has 0 aliphatic rings. The number of aromatic nitrogens is 1. The first-order chi connectivity index (χ1) is 13.1. The molecule has 3 nitrogen and oxygen atoms in total. The van der Waals surface area contributed by atoms with Crippen molar-refractivity contribution in [3.63, 3.8) is 0 Å². The minimum absolute atomic E-state index is 0.230. The quantitative estimate of drug-likeness (QED) is 0.433. The Labute approximate surface area is 170 Å². The van der Waals surface area contributed by atoms with Gasteiger partial charge in [-0.15, -0.1) is 11.3 Å². The highest BCUT2D eigenvalue weighted by Gasteiger charge is 2.11. The van der Waals surface area contributed by atoms with Crippen molar-refractivity contribution in [2.75, 3.05) is 0 Å². The van der Waals surface area contributed by atoms with Crippen LogP contribution in [0, 0.1) is 0 Å². The van der Waals surface area contributed by atoms with E-state index in [0.717, 1.165) is 21.7 Å². The Morgan fingerprint density at radius 2 is 1.78 bits per heavy atom. The zero-order valence-corrected chi connectivity index (χ0v) is 16.4. The van der Waals surface area contributed by atoms with Gasteiger partial charge in [-0.25, -0.2) is 4.98 Å². The fourth-order valence-electron chi connectivity index (χ4n) is 2.71. The number of para-hydroxylation sites is 1. The molecule has 0 saturated heterocycles. The van der Waals surface area contributed by atoms with Crippen molar-refractivity contribution in [2.24, 2.45) is 0 Å². The topological polar surface area (TPSA) is 42.0 Å². The van der Waals surface area contributed by atoms with Crippen molar-refractivity contribution in [3.05, 3.63) is 87.9 Å². The fourth-order valence-corrected chi connectivity index (χ4v) is 4.18. The zero-order chi connectivity index (χ0) is 18.8. The summed E-state index contributed by atoms with van der Waals surface area (Å²) in [6.45, 7) is 0.415. The fraction of sp³-hybridized carbons (Fsp3) is 0.0476. The smallest absolute Gasteiger partial charge is 0.253 e. The van der Waals surface area contributed by atoms with E-state index in [4.69, 9.17) is 23.2 Å². The standard InChI is InChI=1S/C21H14Cl2N2OS/c22-15-9-10-16(17(23)11-15)20(26)24-12-13-5-7-14(8-6-13)21-25-18-3-1-2-4-19(18)27-21/h1-11H,12H2,(H,24,26). The lowest BCUT2D eigenvalue weighted by molar-refractivity contribution is 0.0951. The number of rotatable bonds is 4. The van der Waals surface area contributed by atoms with Crippen molar-refractivity contribution in [3.8, 4) is 10.6 Å². The monoisotopic (exact) mass is 412 g/mol. The zero-order valence-electron chi connectivity index (χ0n) is 14.1. The Hall–Kier alpha value is -2.40. The Balaban J connectivity index is 1.45. The second-order valence-corrected chi connectivity index (χ2v) is 7.86. The molecule has 0 unspecified atom stereocenters. The summed E-state index contributed by atoms with van der Waals surface area (Å²) in [5, 5.41) is 4.70. The summed E-state index contributed by atoms with van der Waals surface area (Å²) >= 11 is 13.6. The predicted molar refractivity (Wildman–Crippen MR) is 113 cm³/mol. The maximum atomic E-state index is 12.3. The lowest BCUT2D eigenvalue weighted by Crippen LogP contribution is -2.23. The summed E-state index contributed by atoms with van der Waals surface area (Å²) < 4.78 is 1.17.